The van der Waals surface area contributed by atoms with Crippen molar-refractivity contribution in [3.8, 4) is 12.3 Å². The highest BCUT2D eigenvalue weighted by Crippen LogP contribution is 2.18. The molecule has 0 bridgehead atoms. The molecule has 6 nitrogen and oxygen atoms in total. The van der Waals surface area contributed by atoms with Gasteiger partial charge in [-0.15, -0.1) is 6.42 Å². The minimum atomic E-state index is 0.0479. The van der Waals surface area contributed by atoms with Gasteiger partial charge in [0.25, 0.3) is 0 Å². The smallest absolute Gasteiger partial charge is 0.239 e. The molecular weight excluding hydrogens is 278 g/mol. The average Bonchev–Trinajstić information content (AvgIpc) is 2.96. The van der Waals surface area contributed by atoms with E-state index in [1.54, 1.807) is 4.90 Å². The third-order valence-corrected chi connectivity index (χ3v) is 3.66. The van der Waals surface area contributed by atoms with Crippen molar-refractivity contribution in [3.05, 3.63) is 0 Å². The van der Waals surface area contributed by atoms with Crippen LogP contribution in [0.2, 0.25) is 0 Å². The van der Waals surface area contributed by atoms with Gasteiger partial charge in [-0.1, -0.05) is 5.92 Å². The van der Waals surface area contributed by atoms with E-state index in [-0.39, 0.29) is 11.9 Å². The number of terminal acetylenes is 1. The van der Waals surface area contributed by atoms with Crippen LogP contribution in [0.3, 0.4) is 0 Å². The van der Waals surface area contributed by atoms with Crippen LogP contribution in [0.25, 0.3) is 0 Å². The van der Waals surface area contributed by atoms with Crippen molar-refractivity contribution in [1.29, 1.82) is 0 Å². The summed E-state index contributed by atoms with van der Waals surface area (Å²) >= 11 is 0. The Morgan fingerprint density at radius 3 is 2.86 bits per heavy atom. The zero-order valence-corrected chi connectivity index (χ0v) is 14.1. The van der Waals surface area contributed by atoms with Gasteiger partial charge in [0.2, 0.25) is 5.91 Å². The summed E-state index contributed by atoms with van der Waals surface area (Å²) in [5.74, 6) is 3.50. The van der Waals surface area contributed by atoms with Crippen LogP contribution in [0, 0.1) is 12.3 Å². The van der Waals surface area contributed by atoms with E-state index in [4.69, 9.17) is 6.42 Å². The standard InChI is InChI=1S/C16H29N5O/c1-5-10-18-16(17-6-2)19-11-8-13-21-12-7-9-14(21)15(22)20(3)4/h1,14H,6-13H2,2-4H3,(H2,17,18,19). The Kier molecular flexibility index (Phi) is 8.38. The first-order valence-corrected chi connectivity index (χ1v) is 8.01. The molecular formula is C16H29N5O. The molecule has 1 atom stereocenters. The molecule has 0 aromatic heterocycles. The predicted molar refractivity (Wildman–Crippen MR) is 90.7 cm³/mol. The van der Waals surface area contributed by atoms with Gasteiger partial charge in [0, 0.05) is 33.7 Å². The summed E-state index contributed by atoms with van der Waals surface area (Å²) in [5, 5.41) is 6.23. The number of guanidine groups is 1. The maximum absolute atomic E-state index is 12.1. The van der Waals surface area contributed by atoms with Crippen LogP contribution in [-0.4, -0.2) is 74.5 Å². The summed E-state index contributed by atoms with van der Waals surface area (Å²) in [5.41, 5.74) is 0. The van der Waals surface area contributed by atoms with Crippen molar-refractivity contribution in [3.63, 3.8) is 0 Å². The number of carbonyl (C=O) groups is 1. The Labute approximate surface area is 134 Å². The second-order valence-electron chi connectivity index (χ2n) is 5.60. The van der Waals surface area contributed by atoms with Crippen LogP contribution in [0.5, 0.6) is 0 Å². The van der Waals surface area contributed by atoms with Crippen molar-refractivity contribution in [2.45, 2.75) is 32.2 Å². The van der Waals surface area contributed by atoms with E-state index in [2.05, 4.69) is 26.4 Å². The summed E-state index contributed by atoms with van der Waals surface area (Å²) in [7, 11) is 3.64. The van der Waals surface area contributed by atoms with Crippen LogP contribution in [0.4, 0.5) is 0 Å². The highest BCUT2D eigenvalue weighted by molar-refractivity contribution is 5.81. The fourth-order valence-electron chi connectivity index (χ4n) is 2.61. The molecule has 0 aromatic rings. The SMILES string of the molecule is C#CCNC(=NCCCN1CCCC1C(=O)N(C)C)NCC. The van der Waals surface area contributed by atoms with E-state index >= 15 is 0 Å². The number of amides is 1. The molecule has 1 heterocycles. The summed E-state index contributed by atoms with van der Waals surface area (Å²) < 4.78 is 0. The molecule has 22 heavy (non-hydrogen) atoms. The molecule has 6 heteroatoms. The van der Waals surface area contributed by atoms with Crippen LogP contribution in [0.15, 0.2) is 4.99 Å². The molecule has 1 rings (SSSR count). The molecule has 1 amide bonds. The van der Waals surface area contributed by atoms with Gasteiger partial charge in [0.15, 0.2) is 5.96 Å². The second-order valence-corrected chi connectivity index (χ2v) is 5.60. The van der Waals surface area contributed by atoms with Gasteiger partial charge in [-0.3, -0.25) is 14.7 Å². The van der Waals surface area contributed by atoms with Gasteiger partial charge >= 0.3 is 0 Å². The zero-order chi connectivity index (χ0) is 16.4. The zero-order valence-electron chi connectivity index (χ0n) is 14.1. The van der Waals surface area contributed by atoms with Crippen LogP contribution >= 0.6 is 0 Å². The fourth-order valence-corrected chi connectivity index (χ4v) is 2.61. The molecule has 0 radical (unpaired) electrons. The summed E-state index contributed by atoms with van der Waals surface area (Å²) in [6, 6.07) is 0.0479. The molecule has 1 fully saturated rings. The van der Waals surface area contributed by atoms with Crippen molar-refractivity contribution in [2.24, 2.45) is 4.99 Å². The van der Waals surface area contributed by atoms with Crippen LogP contribution in [-0.2, 0) is 4.79 Å². The number of rotatable bonds is 7. The molecule has 0 saturated carbocycles. The molecule has 1 saturated heterocycles. The first-order valence-electron chi connectivity index (χ1n) is 8.01. The molecule has 124 valence electrons. The van der Waals surface area contributed by atoms with Gasteiger partial charge < -0.3 is 15.5 Å². The number of nitrogens with one attached hydrogen (secondary N) is 2. The topological polar surface area (TPSA) is 60.0 Å². The van der Waals surface area contributed by atoms with Crippen molar-refractivity contribution in [2.75, 3.05) is 46.8 Å². The van der Waals surface area contributed by atoms with E-state index < -0.39 is 0 Å². The Bertz CT molecular complexity index is 413. The van der Waals surface area contributed by atoms with Crippen LogP contribution in [0.1, 0.15) is 26.2 Å². The number of carbonyl (C=O) groups excluding carboxylic acids is 1. The number of hydrogen-bond acceptors (Lipinski definition) is 3. The minimum absolute atomic E-state index is 0.0479. The molecule has 0 aromatic carbocycles. The lowest BCUT2D eigenvalue weighted by Crippen LogP contribution is -2.43. The summed E-state index contributed by atoms with van der Waals surface area (Å²) in [6.45, 7) is 5.93. The third kappa shape index (κ3) is 5.94. The van der Waals surface area contributed by atoms with Crippen molar-refractivity contribution >= 4 is 11.9 Å². The number of aliphatic imine (C=N–C) groups is 1. The lowest BCUT2D eigenvalue weighted by Gasteiger charge is -2.25. The predicted octanol–water partition coefficient (Wildman–Crippen LogP) is 0.117. The number of nitrogens with zero attached hydrogens (tertiary/aromatic N) is 3. The van der Waals surface area contributed by atoms with E-state index in [0.29, 0.717) is 6.54 Å². The first kappa shape index (κ1) is 18.3. The van der Waals surface area contributed by atoms with Crippen molar-refractivity contribution < 1.29 is 4.79 Å². The normalized spacial score (nSPS) is 18.8. The Balaban J connectivity index is 2.38. The number of likely N-dealkylation sites (tertiary alicyclic amines) is 1. The fraction of sp³-hybridized carbons (Fsp3) is 0.750. The third-order valence-electron chi connectivity index (χ3n) is 3.66. The van der Waals surface area contributed by atoms with Gasteiger partial charge in [-0.05, 0) is 32.7 Å². The van der Waals surface area contributed by atoms with Gasteiger partial charge in [0.05, 0.1) is 12.6 Å². The van der Waals surface area contributed by atoms with Crippen molar-refractivity contribution in [1.82, 2.24) is 20.4 Å². The van der Waals surface area contributed by atoms with E-state index in [1.165, 1.54) is 0 Å². The maximum Gasteiger partial charge on any atom is 0.239 e. The van der Waals surface area contributed by atoms with E-state index in [1.807, 2.05) is 21.0 Å². The second kappa shape index (κ2) is 10.1. The average molecular weight is 307 g/mol. The molecule has 0 aliphatic carbocycles. The van der Waals surface area contributed by atoms with E-state index in [0.717, 1.165) is 51.4 Å². The summed E-state index contributed by atoms with van der Waals surface area (Å²) in [4.78, 5) is 20.6. The minimum Gasteiger partial charge on any atom is -0.357 e. The molecule has 0 spiro atoms. The molecule has 1 aliphatic heterocycles. The quantitative estimate of drug-likeness (QED) is 0.303. The largest absolute Gasteiger partial charge is 0.357 e. The van der Waals surface area contributed by atoms with E-state index in [9.17, 15) is 4.79 Å². The summed E-state index contributed by atoms with van der Waals surface area (Å²) in [6.07, 6.45) is 8.24. The lowest BCUT2D eigenvalue weighted by molar-refractivity contribution is -0.133. The Hall–Kier alpha value is -1.74. The molecule has 2 N–H and O–H groups in total. The van der Waals surface area contributed by atoms with Gasteiger partial charge in [0.1, 0.15) is 0 Å². The van der Waals surface area contributed by atoms with Crippen LogP contribution < -0.4 is 10.6 Å². The lowest BCUT2D eigenvalue weighted by atomic mass is 10.2. The Morgan fingerprint density at radius 2 is 2.23 bits per heavy atom. The first-order chi connectivity index (χ1) is 10.6. The van der Waals surface area contributed by atoms with Gasteiger partial charge in [-0.25, -0.2) is 0 Å². The number of likely N-dealkylation sites (N-methyl/N-ethyl adjacent to an activating group) is 1. The monoisotopic (exact) mass is 307 g/mol. The molecule has 1 aliphatic rings. The molecule has 1 unspecified atom stereocenters. The highest BCUT2D eigenvalue weighted by Gasteiger charge is 2.30. The number of hydrogen-bond donors (Lipinski definition) is 2. The maximum atomic E-state index is 12.1. The van der Waals surface area contributed by atoms with Gasteiger partial charge in [-0.2, -0.15) is 0 Å². The Morgan fingerprint density at radius 1 is 1.45 bits per heavy atom. The highest BCUT2D eigenvalue weighted by atomic mass is 16.2.